The molecule has 1 heterocycles. The van der Waals surface area contributed by atoms with Gasteiger partial charge in [0.1, 0.15) is 5.75 Å². The van der Waals surface area contributed by atoms with Crippen LogP contribution in [0.3, 0.4) is 0 Å². The average Bonchev–Trinajstić information content (AvgIpc) is 2.66. The lowest BCUT2D eigenvalue weighted by Crippen LogP contribution is -2.35. The maximum absolute atomic E-state index is 9.32. The molecule has 1 saturated heterocycles. The van der Waals surface area contributed by atoms with Gasteiger partial charge in [0.05, 0.1) is 0 Å². The number of phenols is 1. The standard InChI is InChI=1S/C17H27NO/c1-3-15-5-4-11-18(12-10-15)14(2)13-16-6-8-17(19)9-7-16/h6-9,14-15,19H,3-5,10-13H2,1-2H3. The van der Waals surface area contributed by atoms with Gasteiger partial charge in [-0.1, -0.05) is 25.5 Å². The van der Waals surface area contributed by atoms with Crippen molar-refractivity contribution in [3.63, 3.8) is 0 Å². The second kappa shape index (κ2) is 6.95. The highest BCUT2D eigenvalue weighted by Gasteiger charge is 2.19. The predicted molar refractivity (Wildman–Crippen MR) is 80.5 cm³/mol. The first-order valence-corrected chi connectivity index (χ1v) is 7.71. The molecule has 0 aliphatic carbocycles. The highest BCUT2D eigenvalue weighted by atomic mass is 16.3. The fourth-order valence-electron chi connectivity index (χ4n) is 3.14. The highest BCUT2D eigenvalue weighted by Crippen LogP contribution is 2.22. The third-order valence-electron chi connectivity index (χ3n) is 4.55. The molecule has 1 aliphatic rings. The number of aromatic hydroxyl groups is 1. The lowest BCUT2D eigenvalue weighted by Gasteiger charge is -2.28. The molecule has 1 aromatic carbocycles. The second-order valence-electron chi connectivity index (χ2n) is 5.96. The molecule has 0 saturated carbocycles. The first-order valence-electron chi connectivity index (χ1n) is 7.71. The van der Waals surface area contributed by atoms with Gasteiger partial charge < -0.3 is 10.0 Å². The third kappa shape index (κ3) is 4.24. The number of hydrogen-bond acceptors (Lipinski definition) is 2. The van der Waals surface area contributed by atoms with Crippen molar-refractivity contribution in [2.45, 2.75) is 52.0 Å². The molecule has 2 rings (SSSR count). The van der Waals surface area contributed by atoms with Crippen LogP contribution in [0.25, 0.3) is 0 Å². The van der Waals surface area contributed by atoms with E-state index in [0.29, 0.717) is 11.8 Å². The van der Waals surface area contributed by atoms with Crippen LogP contribution in [0.5, 0.6) is 5.75 Å². The van der Waals surface area contributed by atoms with E-state index in [4.69, 9.17) is 0 Å². The molecule has 0 amide bonds. The molecule has 1 aromatic rings. The van der Waals surface area contributed by atoms with Gasteiger partial charge in [-0.2, -0.15) is 0 Å². The summed E-state index contributed by atoms with van der Waals surface area (Å²) in [7, 11) is 0. The van der Waals surface area contributed by atoms with E-state index in [-0.39, 0.29) is 0 Å². The first kappa shape index (κ1) is 14.4. The van der Waals surface area contributed by atoms with Crippen molar-refractivity contribution in [3.8, 4) is 5.75 Å². The molecule has 0 aromatic heterocycles. The Kier molecular flexibility index (Phi) is 5.26. The molecule has 19 heavy (non-hydrogen) atoms. The second-order valence-corrected chi connectivity index (χ2v) is 5.96. The largest absolute Gasteiger partial charge is 0.508 e. The van der Waals surface area contributed by atoms with Crippen LogP contribution in [0.1, 0.15) is 45.1 Å². The Morgan fingerprint density at radius 1 is 1.21 bits per heavy atom. The summed E-state index contributed by atoms with van der Waals surface area (Å²) in [6.45, 7) is 7.15. The zero-order valence-corrected chi connectivity index (χ0v) is 12.3. The Bertz CT molecular complexity index is 373. The van der Waals surface area contributed by atoms with Gasteiger partial charge in [0.2, 0.25) is 0 Å². The van der Waals surface area contributed by atoms with Gasteiger partial charge in [-0.05, 0) is 69.3 Å². The van der Waals surface area contributed by atoms with Crippen LogP contribution < -0.4 is 0 Å². The highest BCUT2D eigenvalue weighted by molar-refractivity contribution is 5.26. The predicted octanol–water partition coefficient (Wildman–Crippen LogP) is 3.84. The molecule has 1 N–H and O–H groups in total. The summed E-state index contributed by atoms with van der Waals surface area (Å²) in [4.78, 5) is 2.64. The van der Waals surface area contributed by atoms with Crippen LogP contribution in [0.4, 0.5) is 0 Å². The molecule has 106 valence electrons. The fourth-order valence-corrected chi connectivity index (χ4v) is 3.14. The SMILES string of the molecule is CCC1CCCN(C(C)Cc2ccc(O)cc2)CC1. The number of rotatable bonds is 4. The molecule has 1 aliphatic heterocycles. The summed E-state index contributed by atoms with van der Waals surface area (Å²) in [6.07, 6.45) is 6.52. The Balaban J connectivity index is 1.88. The minimum Gasteiger partial charge on any atom is -0.508 e. The minimum absolute atomic E-state index is 0.358. The van der Waals surface area contributed by atoms with Gasteiger partial charge in [-0.3, -0.25) is 0 Å². The van der Waals surface area contributed by atoms with Crippen LogP contribution in [0, 0.1) is 5.92 Å². The molecule has 2 atom stereocenters. The van der Waals surface area contributed by atoms with Crippen LogP contribution in [-0.2, 0) is 6.42 Å². The van der Waals surface area contributed by atoms with E-state index in [2.05, 4.69) is 18.7 Å². The zero-order valence-electron chi connectivity index (χ0n) is 12.3. The Morgan fingerprint density at radius 2 is 1.95 bits per heavy atom. The molecule has 2 heteroatoms. The van der Waals surface area contributed by atoms with Gasteiger partial charge in [0.15, 0.2) is 0 Å². The monoisotopic (exact) mass is 261 g/mol. The number of likely N-dealkylation sites (tertiary alicyclic amines) is 1. The first-order chi connectivity index (χ1) is 9.19. The summed E-state index contributed by atoms with van der Waals surface area (Å²) >= 11 is 0. The Hall–Kier alpha value is -1.02. The lowest BCUT2D eigenvalue weighted by molar-refractivity contribution is 0.212. The number of phenolic OH excluding ortho intramolecular Hbond substituents is 1. The molecule has 2 unspecified atom stereocenters. The van der Waals surface area contributed by atoms with E-state index in [1.165, 1.54) is 44.3 Å². The van der Waals surface area contributed by atoms with Crippen molar-refractivity contribution in [3.05, 3.63) is 29.8 Å². The molecule has 1 fully saturated rings. The van der Waals surface area contributed by atoms with Crippen molar-refractivity contribution >= 4 is 0 Å². The van der Waals surface area contributed by atoms with E-state index in [1.54, 1.807) is 12.1 Å². The quantitative estimate of drug-likeness (QED) is 0.890. The number of benzene rings is 1. The summed E-state index contributed by atoms with van der Waals surface area (Å²) in [5, 5.41) is 9.32. The van der Waals surface area contributed by atoms with E-state index in [9.17, 15) is 5.11 Å². The van der Waals surface area contributed by atoms with Crippen molar-refractivity contribution < 1.29 is 5.11 Å². The van der Waals surface area contributed by atoms with Crippen molar-refractivity contribution in [1.82, 2.24) is 4.90 Å². The van der Waals surface area contributed by atoms with Gasteiger partial charge >= 0.3 is 0 Å². The molecular weight excluding hydrogens is 234 g/mol. The van der Waals surface area contributed by atoms with Gasteiger partial charge in [-0.15, -0.1) is 0 Å². The van der Waals surface area contributed by atoms with Gasteiger partial charge in [0.25, 0.3) is 0 Å². The maximum atomic E-state index is 9.32. The number of hydrogen-bond donors (Lipinski definition) is 1. The van der Waals surface area contributed by atoms with E-state index >= 15 is 0 Å². The van der Waals surface area contributed by atoms with Crippen molar-refractivity contribution in [2.24, 2.45) is 5.92 Å². The molecule has 0 bridgehead atoms. The molecule has 2 nitrogen and oxygen atoms in total. The molecule has 0 radical (unpaired) electrons. The average molecular weight is 261 g/mol. The smallest absolute Gasteiger partial charge is 0.115 e. The van der Waals surface area contributed by atoms with Gasteiger partial charge in [-0.25, -0.2) is 0 Å². The van der Waals surface area contributed by atoms with Crippen molar-refractivity contribution in [2.75, 3.05) is 13.1 Å². The van der Waals surface area contributed by atoms with Gasteiger partial charge in [0, 0.05) is 6.04 Å². The van der Waals surface area contributed by atoms with Crippen LogP contribution in [0.2, 0.25) is 0 Å². The summed E-state index contributed by atoms with van der Waals surface area (Å²) in [5.74, 6) is 1.29. The Morgan fingerprint density at radius 3 is 2.63 bits per heavy atom. The van der Waals surface area contributed by atoms with Crippen LogP contribution >= 0.6 is 0 Å². The summed E-state index contributed by atoms with van der Waals surface area (Å²) in [5.41, 5.74) is 1.32. The Labute approximate surface area is 117 Å². The molecular formula is C17H27NO. The molecule has 0 spiro atoms. The topological polar surface area (TPSA) is 23.5 Å². The van der Waals surface area contributed by atoms with E-state index in [0.717, 1.165) is 12.3 Å². The van der Waals surface area contributed by atoms with E-state index in [1.807, 2.05) is 12.1 Å². The fraction of sp³-hybridized carbons (Fsp3) is 0.647. The maximum Gasteiger partial charge on any atom is 0.115 e. The lowest BCUT2D eigenvalue weighted by atomic mass is 9.98. The number of nitrogens with zero attached hydrogens (tertiary/aromatic N) is 1. The normalized spacial score (nSPS) is 22.9. The van der Waals surface area contributed by atoms with E-state index < -0.39 is 0 Å². The minimum atomic E-state index is 0.358. The summed E-state index contributed by atoms with van der Waals surface area (Å²) < 4.78 is 0. The van der Waals surface area contributed by atoms with Crippen molar-refractivity contribution in [1.29, 1.82) is 0 Å². The van der Waals surface area contributed by atoms with Crippen LogP contribution in [-0.4, -0.2) is 29.1 Å². The summed E-state index contributed by atoms with van der Waals surface area (Å²) in [6, 6.07) is 8.26. The third-order valence-corrected chi connectivity index (χ3v) is 4.55. The zero-order chi connectivity index (χ0) is 13.7. The van der Waals surface area contributed by atoms with Crippen LogP contribution in [0.15, 0.2) is 24.3 Å².